The van der Waals surface area contributed by atoms with Gasteiger partial charge in [0.15, 0.2) is 5.78 Å². The molecule has 0 unspecified atom stereocenters. The molecule has 2 nitrogen and oxygen atoms in total. The molecule has 0 aliphatic rings. The van der Waals surface area contributed by atoms with Crippen molar-refractivity contribution in [2.75, 3.05) is 0 Å². The summed E-state index contributed by atoms with van der Waals surface area (Å²) in [5, 5.41) is 8.85. The number of hydrogen-bond acceptors (Lipinski definition) is 2. The van der Waals surface area contributed by atoms with Crippen LogP contribution in [0.3, 0.4) is 0 Å². The normalized spacial score (nSPS) is 10.2. The van der Waals surface area contributed by atoms with Crippen LogP contribution < -0.4 is 0 Å². The minimum Gasteiger partial charge on any atom is -0.294 e. The molecule has 0 heterocycles. The second-order valence-corrected chi connectivity index (χ2v) is 3.42. The number of rotatable bonds is 3. The molecule has 1 aromatic rings. The molecule has 1 aromatic carbocycles. The van der Waals surface area contributed by atoms with Crippen molar-refractivity contribution in [2.45, 2.75) is 26.7 Å². The molecule has 0 bridgehead atoms. The van der Waals surface area contributed by atoms with Crippen molar-refractivity contribution in [1.82, 2.24) is 0 Å². The van der Waals surface area contributed by atoms with Gasteiger partial charge in [-0.05, 0) is 31.0 Å². The zero-order valence-corrected chi connectivity index (χ0v) is 9.05. The van der Waals surface area contributed by atoms with E-state index in [1.807, 2.05) is 0 Å². The van der Waals surface area contributed by atoms with Gasteiger partial charge in [-0.15, -0.1) is 0 Å². The van der Waals surface area contributed by atoms with Gasteiger partial charge in [-0.1, -0.05) is 6.92 Å². The number of carbonyl (C=O) groups excluding carboxylic acids is 1. The van der Waals surface area contributed by atoms with Crippen molar-refractivity contribution >= 4 is 5.78 Å². The zero-order valence-electron chi connectivity index (χ0n) is 9.05. The summed E-state index contributed by atoms with van der Waals surface area (Å²) in [6, 6.07) is 4.17. The zero-order chi connectivity index (χ0) is 12.3. The first-order chi connectivity index (χ1) is 7.51. The summed E-state index contributed by atoms with van der Waals surface area (Å²) in [5.74, 6) is -0.269. The van der Waals surface area contributed by atoms with Gasteiger partial charge in [0.1, 0.15) is 0 Å². The van der Waals surface area contributed by atoms with Crippen LogP contribution in [-0.2, 0) is 6.42 Å². The van der Waals surface area contributed by atoms with E-state index in [1.54, 1.807) is 13.0 Å². The third-order valence-corrected chi connectivity index (χ3v) is 2.35. The van der Waals surface area contributed by atoms with Gasteiger partial charge in [0.2, 0.25) is 0 Å². The van der Waals surface area contributed by atoms with Gasteiger partial charge in [-0.25, -0.2) is 8.78 Å². The molecule has 4 heteroatoms. The average Bonchev–Trinajstić information content (AvgIpc) is 2.26. The predicted octanol–water partition coefficient (Wildman–Crippen LogP) is 3.26. The van der Waals surface area contributed by atoms with Gasteiger partial charge in [0.05, 0.1) is 11.6 Å². The van der Waals surface area contributed by atoms with E-state index in [0.717, 1.165) is 6.07 Å². The predicted molar refractivity (Wildman–Crippen MR) is 55.5 cm³/mol. The van der Waals surface area contributed by atoms with Gasteiger partial charge in [-0.2, -0.15) is 5.26 Å². The summed E-state index contributed by atoms with van der Waals surface area (Å²) in [5.41, 5.74) is 0.580. The highest BCUT2D eigenvalue weighted by Crippen LogP contribution is 2.25. The summed E-state index contributed by atoms with van der Waals surface area (Å²) in [6.07, 6.45) is -2.18. The molecule has 16 heavy (non-hydrogen) atoms. The Bertz CT molecular complexity index is 461. The van der Waals surface area contributed by atoms with Crippen LogP contribution in [0.5, 0.6) is 0 Å². The SMILES string of the molecule is CCc1cc(C(F)F)cc(C#N)c1C(C)=O. The number of hydrogen-bond donors (Lipinski definition) is 0. The van der Waals surface area contributed by atoms with Crippen LogP contribution in [0.25, 0.3) is 0 Å². The minimum absolute atomic E-state index is 0.0298. The van der Waals surface area contributed by atoms with Crippen LogP contribution >= 0.6 is 0 Å². The number of nitrogens with zero attached hydrogens (tertiary/aromatic N) is 1. The molecule has 0 saturated carbocycles. The molecular weight excluding hydrogens is 212 g/mol. The van der Waals surface area contributed by atoms with Crippen molar-refractivity contribution < 1.29 is 13.6 Å². The highest BCUT2D eigenvalue weighted by Gasteiger charge is 2.17. The van der Waals surface area contributed by atoms with E-state index in [-0.39, 0.29) is 22.5 Å². The number of carbonyl (C=O) groups is 1. The summed E-state index contributed by atoms with van der Waals surface area (Å²) >= 11 is 0. The highest BCUT2D eigenvalue weighted by atomic mass is 19.3. The van der Waals surface area contributed by atoms with E-state index in [0.29, 0.717) is 12.0 Å². The average molecular weight is 223 g/mol. The number of alkyl halides is 2. The van der Waals surface area contributed by atoms with Crippen molar-refractivity contribution in [1.29, 1.82) is 5.26 Å². The standard InChI is InChI=1S/C12H11F2NO/c1-3-8-4-9(12(13)14)5-10(6-15)11(8)7(2)16/h4-5,12H,3H2,1-2H3. The number of nitriles is 1. The number of ketones is 1. The van der Waals surface area contributed by atoms with Crippen LogP contribution in [-0.4, -0.2) is 5.78 Å². The lowest BCUT2D eigenvalue weighted by Crippen LogP contribution is -2.04. The van der Waals surface area contributed by atoms with Crippen molar-refractivity contribution in [3.8, 4) is 6.07 Å². The Morgan fingerprint density at radius 1 is 1.50 bits per heavy atom. The number of Topliss-reactive ketones (excluding diaryl/α,β-unsaturated/α-hetero) is 1. The summed E-state index contributed by atoms with van der Waals surface area (Å²) < 4.78 is 25.1. The van der Waals surface area contributed by atoms with E-state index >= 15 is 0 Å². The molecule has 0 fully saturated rings. The molecule has 0 aromatic heterocycles. The Balaban J connectivity index is 3.51. The van der Waals surface area contributed by atoms with Gasteiger partial charge >= 0.3 is 0 Å². The lowest BCUT2D eigenvalue weighted by Gasteiger charge is -2.10. The third kappa shape index (κ3) is 2.25. The third-order valence-electron chi connectivity index (χ3n) is 2.35. The van der Waals surface area contributed by atoms with Crippen LogP contribution in [0, 0.1) is 11.3 Å². The van der Waals surface area contributed by atoms with Crippen molar-refractivity contribution in [3.05, 3.63) is 34.4 Å². The maximum absolute atomic E-state index is 12.5. The van der Waals surface area contributed by atoms with Gasteiger partial charge in [0.25, 0.3) is 6.43 Å². The molecule has 0 aliphatic carbocycles. The number of halogens is 2. The number of aryl methyl sites for hydroxylation is 1. The van der Waals surface area contributed by atoms with E-state index in [4.69, 9.17) is 5.26 Å². The molecule has 84 valence electrons. The van der Waals surface area contributed by atoms with Crippen LogP contribution in [0.1, 0.15) is 47.3 Å². The van der Waals surface area contributed by atoms with Crippen LogP contribution in [0.2, 0.25) is 0 Å². The fourth-order valence-electron chi connectivity index (χ4n) is 1.64. The monoisotopic (exact) mass is 223 g/mol. The molecule has 0 aliphatic heterocycles. The molecule has 0 saturated heterocycles. The summed E-state index contributed by atoms with van der Waals surface area (Å²) in [6.45, 7) is 3.09. The lowest BCUT2D eigenvalue weighted by atomic mass is 9.94. The molecular formula is C12H11F2NO. The Morgan fingerprint density at radius 3 is 2.50 bits per heavy atom. The lowest BCUT2D eigenvalue weighted by molar-refractivity contribution is 0.101. The van der Waals surface area contributed by atoms with Crippen LogP contribution in [0.4, 0.5) is 8.78 Å². The molecule has 0 atom stereocenters. The largest absolute Gasteiger partial charge is 0.294 e. The topological polar surface area (TPSA) is 40.9 Å². The second kappa shape index (κ2) is 4.84. The first-order valence-corrected chi connectivity index (χ1v) is 4.87. The quantitative estimate of drug-likeness (QED) is 0.738. The van der Waals surface area contributed by atoms with Crippen molar-refractivity contribution in [3.63, 3.8) is 0 Å². The van der Waals surface area contributed by atoms with E-state index in [2.05, 4.69) is 0 Å². The van der Waals surface area contributed by atoms with Crippen LogP contribution in [0.15, 0.2) is 12.1 Å². The Kier molecular flexibility index (Phi) is 3.73. The van der Waals surface area contributed by atoms with E-state index < -0.39 is 6.43 Å². The maximum Gasteiger partial charge on any atom is 0.263 e. The van der Waals surface area contributed by atoms with Crippen molar-refractivity contribution in [2.24, 2.45) is 0 Å². The maximum atomic E-state index is 12.5. The fourth-order valence-corrected chi connectivity index (χ4v) is 1.64. The van der Waals surface area contributed by atoms with Gasteiger partial charge < -0.3 is 0 Å². The molecule has 0 N–H and O–H groups in total. The Morgan fingerprint density at radius 2 is 2.12 bits per heavy atom. The smallest absolute Gasteiger partial charge is 0.263 e. The molecule has 0 amide bonds. The number of benzene rings is 1. The second-order valence-electron chi connectivity index (χ2n) is 3.42. The molecule has 1 rings (SSSR count). The molecule has 0 radical (unpaired) electrons. The van der Waals surface area contributed by atoms with E-state index in [1.165, 1.54) is 13.0 Å². The van der Waals surface area contributed by atoms with E-state index in [9.17, 15) is 13.6 Å². The first kappa shape index (κ1) is 12.3. The molecule has 0 spiro atoms. The fraction of sp³-hybridized carbons (Fsp3) is 0.333. The van der Waals surface area contributed by atoms with Gasteiger partial charge in [0, 0.05) is 11.1 Å². The summed E-state index contributed by atoms with van der Waals surface area (Å²) in [7, 11) is 0. The summed E-state index contributed by atoms with van der Waals surface area (Å²) in [4.78, 5) is 11.3. The van der Waals surface area contributed by atoms with Gasteiger partial charge in [-0.3, -0.25) is 4.79 Å². The minimum atomic E-state index is -2.63. The highest BCUT2D eigenvalue weighted by molar-refractivity contribution is 5.98. The first-order valence-electron chi connectivity index (χ1n) is 4.87. The Hall–Kier alpha value is -1.76. The Labute approximate surface area is 92.5 Å².